The molecule has 3 nitrogen and oxygen atoms in total. The molecule has 17 heavy (non-hydrogen) atoms. The zero-order valence-corrected chi connectivity index (χ0v) is 12.1. The van der Waals surface area contributed by atoms with Crippen molar-refractivity contribution in [2.75, 3.05) is 46.9 Å². The first-order valence-corrected chi connectivity index (χ1v) is 6.93. The van der Waals surface area contributed by atoms with Crippen LogP contribution in [0.25, 0.3) is 0 Å². The van der Waals surface area contributed by atoms with Gasteiger partial charge in [-0.2, -0.15) is 0 Å². The van der Waals surface area contributed by atoms with E-state index >= 15 is 0 Å². The van der Waals surface area contributed by atoms with Crippen molar-refractivity contribution in [2.45, 2.75) is 33.1 Å². The highest BCUT2D eigenvalue weighted by atomic mass is 16.3. The summed E-state index contributed by atoms with van der Waals surface area (Å²) in [5.74, 6) is 0.692. The lowest BCUT2D eigenvalue weighted by Crippen LogP contribution is -2.46. The molecule has 3 heteroatoms. The van der Waals surface area contributed by atoms with Crippen LogP contribution in [0, 0.1) is 11.3 Å². The fraction of sp³-hybridized carbons (Fsp3) is 1.00. The molecule has 1 rings (SSSR count). The van der Waals surface area contributed by atoms with E-state index in [1.807, 2.05) is 0 Å². The predicted octanol–water partition coefficient (Wildman–Crippen LogP) is 1.67. The van der Waals surface area contributed by atoms with Crippen LogP contribution >= 0.6 is 0 Å². The Bertz CT molecular complexity index is 216. The third-order valence-electron chi connectivity index (χ3n) is 4.09. The smallest absolute Gasteiger partial charge is 0.0433 e. The first-order valence-electron chi connectivity index (χ1n) is 6.93. The number of rotatable bonds is 6. The van der Waals surface area contributed by atoms with Gasteiger partial charge in [0.05, 0.1) is 0 Å². The number of aliphatic hydroxyl groups is 1. The molecule has 1 N–H and O–H groups in total. The summed E-state index contributed by atoms with van der Waals surface area (Å²) >= 11 is 0. The van der Waals surface area contributed by atoms with Gasteiger partial charge in [-0.3, -0.25) is 0 Å². The lowest BCUT2D eigenvalue weighted by atomic mass is 9.72. The predicted molar refractivity (Wildman–Crippen MR) is 73.2 cm³/mol. The van der Waals surface area contributed by atoms with E-state index in [4.69, 9.17) is 5.11 Å². The van der Waals surface area contributed by atoms with Gasteiger partial charge in [-0.15, -0.1) is 0 Å². The van der Waals surface area contributed by atoms with Gasteiger partial charge in [0, 0.05) is 13.2 Å². The average Bonchev–Trinajstić information content (AvgIpc) is 2.21. The van der Waals surface area contributed by atoms with E-state index in [0.717, 1.165) is 6.42 Å². The van der Waals surface area contributed by atoms with E-state index in [1.165, 1.54) is 39.0 Å². The van der Waals surface area contributed by atoms with E-state index < -0.39 is 0 Å². The maximum atomic E-state index is 9.10. The molecule has 0 aliphatic carbocycles. The van der Waals surface area contributed by atoms with Crippen LogP contribution in [0.3, 0.4) is 0 Å². The molecule has 1 atom stereocenters. The molecule has 0 radical (unpaired) electrons. The second kappa shape index (κ2) is 6.72. The lowest BCUT2D eigenvalue weighted by Gasteiger charge is -2.44. The highest BCUT2D eigenvalue weighted by molar-refractivity contribution is 4.87. The van der Waals surface area contributed by atoms with Crippen LogP contribution in [0.2, 0.25) is 0 Å². The second-order valence-corrected chi connectivity index (χ2v) is 6.42. The number of nitrogens with zero attached hydrogens (tertiary/aromatic N) is 2. The Kier molecular flexibility index (Phi) is 5.90. The topological polar surface area (TPSA) is 26.7 Å². The molecule has 0 saturated carbocycles. The molecule has 1 unspecified atom stereocenters. The minimum absolute atomic E-state index is 0.342. The summed E-state index contributed by atoms with van der Waals surface area (Å²) in [6.07, 6.45) is 3.47. The highest BCUT2D eigenvalue weighted by Crippen LogP contribution is 2.36. The number of hydrogen-bond acceptors (Lipinski definition) is 3. The fourth-order valence-electron chi connectivity index (χ4n) is 3.01. The second-order valence-electron chi connectivity index (χ2n) is 6.42. The first kappa shape index (κ1) is 14.9. The summed E-state index contributed by atoms with van der Waals surface area (Å²) in [5.41, 5.74) is 0.360. The van der Waals surface area contributed by atoms with Crippen LogP contribution < -0.4 is 0 Å². The van der Waals surface area contributed by atoms with E-state index in [-0.39, 0.29) is 0 Å². The van der Waals surface area contributed by atoms with E-state index in [9.17, 15) is 0 Å². The Morgan fingerprint density at radius 1 is 1.35 bits per heavy atom. The lowest BCUT2D eigenvalue weighted by molar-refractivity contribution is 0.0392. The van der Waals surface area contributed by atoms with Gasteiger partial charge >= 0.3 is 0 Å². The zero-order chi connectivity index (χ0) is 12.9. The summed E-state index contributed by atoms with van der Waals surface area (Å²) in [7, 11) is 4.27. The minimum atomic E-state index is 0.342. The van der Waals surface area contributed by atoms with Gasteiger partial charge < -0.3 is 14.9 Å². The van der Waals surface area contributed by atoms with Gasteiger partial charge in [0.15, 0.2) is 0 Å². The summed E-state index contributed by atoms with van der Waals surface area (Å²) in [5, 5.41) is 9.10. The van der Waals surface area contributed by atoms with E-state index in [0.29, 0.717) is 17.9 Å². The van der Waals surface area contributed by atoms with Crippen LogP contribution in [0.5, 0.6) is 0 Å². The molecule has 0 bridgehead atoms. The number of likely N-dealkylation sites (tertiary alicyclic amines) is 1. The summed E-state index contributed by atoms with van der Waals surface area (Å²) in [6.45, 7) is 9.84. The Labute approximate surface area is 107 Å². The Balaban J connectivity index is 2.33. The molecule has 1 saturated heterocycles. The molecule has 1 heterocycles. The molecule has 0 amide bonds. The molecule has 1 fully saturated rings. The first-order chi connectivity index (χ1) is 7.95. The normalized spacial score (nSPS) is 25.4. The Morgan fingerprint density at radius 3 is 2.59 bits per heavy atom. The van der Waals surface area contributed by atoms with E-state index in [1.54, 1.807) is 0 Å². The SMILES string of the molecule is CN(C)CCCN1CCC(CCO)C(C)(C)C1. The molecule has 1 aliphatic heterocycles. The van der Waals surface area contributed by atoms with Gasteiger partial charge in [0.1, 0.15) is 0 Å². The highest BCUT2D eigenvalue weighted by Gasteiger charge is 2.34. The van der Waals surface area contributed by atoms with Crippen molar-refractivity contribution in [1.82, 2.24) is 9.80 Å². The third-order valence-corrected chi connectivity index (χ3v) is 4.09. The monoisotopic (exact) mass is 242 g/mol. The summed E-state index contributed by atoms with van der Waals surface area (Å²) in [6, 6.07) is 0. The molecular formula is C14H30N2O. The molecule has 1 aliphatic rings. The van der Waals surface area contributed by atoms with Gasteiger partial charge in [-0.25, -0.2) is 0 Å². The maximum Gasteiger partial charge on any atom is 0.0433 e. The van der Waals surface area contributed by atoms with Gasteiger partial charge in [0.25, 0.3) is 0 Å². The van der Waals surface area contributed by atoms with Crippen LogP contribution in [0.4, 0.5) is 0 Å². The maximum absolute atomic E-state index is 9.10. The van der Waals surface area contributed by atoms with Crippen LogP contribution in [-0.4, -0.2) is 61.8 Å². The van der Waals surface area contributed by atoms with Crippen molar-refractivity contribution in [3.05, 3.63) is 0 Å². The standard InChI is InChI=1S/C14H30N2O/c1-14(2)12-16(9-5-8-15(3)4)10-6-13(14)7-11-17/h13,17H,5-12H2,1-4H3. The number of piperidine rings is 1. The van der Waals surface area contributed by atoms with Crippen molar-refractivity contribution in [3.63, 3.8) is 0 Å². The summed E-state index contributed by atoms with van der Waals surface area (Å²) in [4.78, 5) is 4.85. The number of aliphatic hydroxyl groups excluding tert-OH is 1. The summed E-state index contributed by atoms with van der Waals surface area (Å²) < 4.78 is 0. The third kappa shape index (κ3) is 4.94. The van der Waals surface area contributed by atoms with Gasteiger partial charge in [-0.1, -0.05) is 13.8 Å². The number of hydrogen-bond donors (Lipinski definition) is 1. The molecule has 0 spiro atoms. The van der Waals surface area contributed by atoms with Crippen LogP contribution in [0.15, 0.2) is 0 Å². The van der Waals surface area contributed by atoms with E-state index in [2.05, 4.69) is 37.7 Å². The van der Waals surface area contributed by atoms with Crippen molar-refractivity contribution in [2.24, 2.45) is 11.3 Å². The minimum Gasteiger partial charge on any atom is -0.396 e. The molecule has 0 aromatic carbocycles. The largest absolute Gasteiger partial charge is 0.396 e. The Hall–Kier alpha value is -0.120. The molecule has 102 valence electrons. The Morgan fingerprint density at radius 2 is 2.06 bits per heavy atom. The van der Waals surface area contributed by atoms with Crippen LogP contribution in [-0.2, 0) is 0 Å². The molecule has 0 aromatic rings. The van der Waals surface area contributed by atoms with Gasteiger partial charge in [0.2, 0.25) is 0 Å². The fourth-order valence-corrected chi connectivity index (χ4v) is 3.01. The quantitative estimate of drug-likeness (QED) is 0.767. The van der Waals surface area contributed by atoms with Crippen molar-refractivity contribution in [1.29, 1.82) is 0 Å². The molecular weight excluding hydrogens is 212 g/mol. The van der Waals surface area contributed by atoms with Crippen molar-refractivity contribution >= 4 is 0 Å². The van der Waals surface area contributed by atoms with Gasteiger partial charge in [-0.05, 0) is 64.3 Å². The zero-order valence-electron chi connectivity index (χ0n) is 12.1. The average molecular weight is 242 g/mol. The molecule has 0 aromatic heterocycles. The van der Waals surface area contributed by atoms with Crippen molar-refractivity contribution < 1.29 is 5.11 Å². The van der Waals surface area contributed by atoms with Crippen LogP contribution in [0.1, 0.15) is 33.1 Å². The van der Waals surface area contributed by atoms with Crippen molar-refractivity contribution in [3.8, 4) is 0 Å².